The maximum absolute atomic E-state index is 11.8. The molecule has 0 saturated carbocycles. The van der Waals surface area contributed by atoms with Crippen LogP contribution in [0, 0.1) is 5.92 Å². The van der Waals surface area contributed by atoms with E-state index in [0.717, 1.165) is 0 Å². The summed E-state index contributed by atoms with van der Waals surface area (Å²) in [6.45, 7) is 1.90. The van der Waals surface area contributed by atoms with Crippen molar-refractivity contribution in [3.8, 4) is 5.75 Å². The summed E-state index contributed by atoms with van der Waals surface area (Å²) in [4.78, 5) is 26.3. The van der Waals surface area contributed by atoms with Crippen molar-refractivity contribution in [1.29, 1.82) is 0 Å². The van der Waals surface area contributed by atoms with Crippen molar-refractivity contribution in [3.63, 3.8) is 0 Å². The number of aromatic nitrogens is 1. The predicted octanol–water partition coefficient (Wildman–Crippen LogP) is 0.931. The number of nitrogens with one attached hydrogen (secondary N) is 1. The van der Waals surface area contributed by atoms with Crippen LogP contribution in [0.15, 0.2) is 18.5 Å². The molecule has 0 saturated heterocycles. The third-order valence-electron chi connectivity index (χ3n) is 2.53. The molecule has 18 heavy (non-hydrogen) atoms. The topological polar surface area (TPSA) is 88.5 Å². The van der Waals surface area contributed by atoms with Gasteiger partial charge in [-0.1, -0.05) is 6.92 Å². The quantitative estimate of drug-likeness (QED) is 0.786. The molecule has 6 heteroatoms. The van der Waals surface area contributed by atoms with Crippen molar-refractivity contribution in [2.75, 3.05) is 13.7 Å². The van der Waals surface area contributed by atoms with Crippen molar-refractivity contribution in [2.24, 2.45) is 5.92 Å². The van der Waals surface area contributed by atoms with E-state index in [-0.39, 0.29) is 5.91 Å². The van der Waals surface area contributed by atoms with Crippen molar-refractivity contribution in [2.45, 2.75) is 13.3 Å². The van der Waals surface area contributed by atoms with Gasteiger partial charge in [0.2, 0.25) is 0 Å². The van der Waals surface area contributed by atoms with Crippen molar-refractivity contribution in [3.05, 3.63) is 24.0 Å². The lowest BCUT2D eigenvalue weighted by atomic mass is 10.1. The highest BCUT2D eigenvalue weighted by Crippen LogP contribution is 2.15. The number of aliphatic carboxylic acids is 1. The maximum Gasteiger partial charge on any atom is 0.306 e. The normalized spacial score (nSPS) is 11.7. The summed E-state index contributed by atoms with van der Waals surface area (Å²) in [5.41, 5.74) is 0.385. The zero-order chi connectivity index (χ0) is 13.5. The predicted molar refractivity (Wildman–Crippen MR) is 64.5 cm³/mol. The van der Waals surface area contributed by atoms with E-state index < -0.39 is 11.9 Å². The van der Waals surface area contributed by atoms with Crippen LogP contribution in [0.4, 0.5) is 0 Å². The molecule has 1 aromatic heterocycles. The number of carbonyl (C=O) groups excluding carboxylic acids is 1. The summed E-state index contributed by atoms with van der Waals surface area (Å²) in [6, 6.07) is 1.55. The lowest BCUT2D eigenvalue weighted by Gasteiger charge is -2.09. The monoisotopic (exact) mass is 252 g/mol. The average molecular weight is 252 g/mol. The van der Waals surface area contributed by atoms with Crippen molar-refractivity contribution in [1.82, 2.24) is 10.3 Å². The number of hydrogen-bond donors (Lipinski definition) is 2. The van der Waals surface area contributed by atoms with Crippen LogP contribution in [0.1, 0.15) is 23.7 Å². The second-order valence-electron chi connectivity index (χ2n) is 3.86. The van der Waals surface area contributed by atoms with Gasteiger partial charge in [0.25, 0.3) is 5.91 Å². The number of rotatable bonds is 6. The van der Waals surface area contributed by atoms with Gasteiger partial charge in [-0.2, -0.15) is 0 Å². The third kappa shape index (κ3) is 3.73. The number of amides is 1. The molecule has 0 spiro atoms. The number of methoxy groups -OCH3 is 1. The fraction of sp³-hybridized carbons (Fsp3) is 0.417. The molecular weight excluding hydrogens is 236 g/mol. The number of nitrogens with zero attached hydrogens (tertiary/aromatic N) is 1. The molecule has 1 heterocycles. The summed E-state index contributed by atoms with van der Waals surface area (Å²) in [5, 5.41) is 11.4. The Hall–Kier alpha value is -2.11. The van der Waals surface area contributed by atoms with E-state index in [9.17, 15) is 9.59 Å². The van der Waals surface area contributed by atoms with Gasteiger partial charge in [0.1, 0.15) is 5.75 Å². The molecule has 1 amide bonds. The summed E-state index contributed by atoms with van der Waals surface area (Å²) >= 11 is 0. The van der Waals surface area contributed by atoms with Crippen LogP contribution in [-0.2, 0) is 4.79 Å². The van der Waals surface area contributed by atoms with Crippen LogP contribution < -0.4 is 10.1 Å². The largest absolute Gasteiger partial charge is 0.494 e. The minimum atomic E-state index is -0.870. The highest BCUT2D eigenvalue weighted by atomic mass is 16.5. The first-order valence-corrected chi connectivity index (χ1v) is 5.55. The Morgan fingerprint density at radius 2 is 2.28 bits per heavy atom. The Morgan fingerprint density at radius 3 is 2.89 bits per heavy atom. The first kappa shape index (κ1) is 14.0. The van der Waals surface area contributed by atoms with E-state index in [0.29, 0.717) is 24.3 Å². The molecule has 2 N–H and O–H groups in total. The molecule has 98 valence electrons. The van der Waals surface area contributed by atoms with E-state index in [1.54, 1.807) is 13.0 Å². The standard InChI is InChI=1S/C12H16N2O4/c1-8(12(16)17)3-6-14-11(15)9-4-5-13-7-10(9)18-2/h4-5,7-8H,3,6H2,1-2H3,(H,14,15)(H,16,17). The van der Waals surface area contributed by atoms with Crippen LogP contribution in [0.25, 0.3) is 0 Å². The molecule has 0 aromatic carbocycles. The molecule has 1 rings (SSSR count). The van der Waals surface area contributed by atoms with Crippen LogP contribution in [-0.4, -0.2) is 35.6 Å². The lowest BCUT2D eigenvalue weighted by Crippen LogP contribution is -2.27. The number of ether oxygens (including phenoxy) is 1. The van der Waals surface area contributed by atoms with Crippen molar-refractivity contribution < 1.29 is 19.4 Å². The number of pyridine rings is 1. The van der Waals surface area contributed by atoms with Gasteiger partial charge in [0.05, 0.1) is 24.8 Å². The third-order valence-corrected chi connectivity index (χ3v) is 2.53. The fourth-order valence-electron chi connectivity index (χ4n) is 1.35. The molecule has 1 atom stereocenters. The first-order chi connectivity index (χ1) is 8.56. The van der Waals surface area contributed by atoms with Gasteiger partial charge in [0, 0.05) is 12.7 Å². The number of hydrogen-bond acceptors (Lipinski definition) is 4. The van der Waals surface area contributed by atoms with Gasteiger partial charge in [-0.25, -0.2) is 0 Å². The zero-order valence-electron chi connectivity index (χ0n) is 10.3. The average Bonchev–Trinajstić information content (AvgIpc) is 2.38. The molecule has 0 aliphatic carbocycles. The lowest BCUT2D eigenvalue weighted by molar-refractivity contribution is -0.141. The van der Waals surface area contributed by atoms with E-state index in [1.807, 2.05) is 0 Å². The van der Waals surface area contributed by atoms with Crippen LogP contribution in [0.3, 0.4) is 0 Å². The fourth-order valence-corrected chi connectivity index (χ4v) is 1.35. The van der Waals surface area contributed by atoms with Gasteiger partial charge in [-0.05, 0) is 12.5 Å². The summed E-state index contributed by atoms with van der Waals surface area (Å²) in [6.07, 6.45) is 3.33. The molecule has 0 aliphatic heterocycles. The van der Waals surface area contributed by atoms with E-state index in [1.165, 1.54) is 19.5 Å². The number of carboxylic acids is 1. The Balaban J connectivity index is 2.53. The Bertz CT molecular complexity index is 434. The smallest absolute Gasteiger partial charge is 0.306 e. The zero-order valence-corrected chi connectivity index (χ0v) is 10.3. The molecular formula is C12H16N2O4. The Morgan fingerprint density at radius 1 is 1.56 bits per heavy atom. The van der Waals surface area contributed by atoms with Crippen LogP contribution in [0.2, 0.25) is 0 Å². The van der Waals surface area contributed by atoms with Crippen LogP contribution in [0.5, 0.6) is 5.75 Å². The van der Waals surface area contributed by atoms with Crippen LogP contribution >= 0.6 is 0 Å². The van der Waals surface area contributed by atoms with Gasteiger partial charge < -0.3 is 15.2 Å². The molecule has 0 radical (unpaired) electrons. The number of carboxylic acid groups (broad SMARTS) is 1. The van der Waals surface area contributed by atoms with Gasteiger partial charge >= 0.3 is 5.97 Å². The minimum Gasteiger partial charge on any atom is -0.494 e. The first-order valence-electron chi connectivity index (χ1n) is 5.55. The summed E-state index contributed by atoms with van der Waals surface area (Å²) in [7, 11) is 1.46. The highest BCUT2D eigenvalue weighted by molar-refractivity contribution is 5.96. The van der Waals surface area contributed by atoms with E-state index in [2.05, 4.69) is 10.3 Å². The molecule has 6 nitrogen and oxygen atoms in total. The Labute approximate surface area is 105 Å². The van der Waals surface area contributed by atoms with E-state index >= 15 is 0 Å². The van der Waals surface area contributed by atoms with Gasteiger partial charge in [-0.3, -0.25) is 14.6 Å². The van der Waals surface area contributed by atoms with Gasteiger partial charge in [0.15, 0.2) is 0 Å². The maximum atomic E-state index is 11.8. The van der Waals surface area contributed by atoms with Crippen molar-refractivity contribution >= 4 is 11.9 Å². The molecule has 1 unspecified atom stereocenters. The second kappa shape index (κ2) is 6.58. The molecule has 1 aromatic rings. The molecule has 0 bridgehead atoms. The highest BCUT2D eigenvalue weighted by Gasteiger charge is 2.14. The Kier molecular flexibility index (Phi) is 5.10. The summed E-state index contributed by atoms with van der Waals surface area (Å²) in [5.74, 6) is -1.26. The number of carbonyl (C=O) groups is 2. The molecule has 0 aliphatic rings. The minimum absolute atomic E-state index is 0.299. The second-order valence-corrected chi connectivity index (χ2v) is 3.86. The molecule has 0 fully saturated rings. The SMILES string of the molecule is COc1cnccc1C(=O)NCCC(C)C(=O)O. The summed E-state index contributed by atoms with van der Waals surface area (Å²) < 4.78 is 5.01. The van der Waals surface area contributed by atoms with E-state index in [4.69, 9.17) is 9.84 Å². The van der Waals surface area contributed by atoms with Gasteiger partial charge in [-0.15, -0.1) is 0 Å².